The van der Waals surface area contributed by atoms with E-state index in [1.54, 1.807) is 24.9 Å². The van der Waals surface area contributed by atoms with Crippen LogP contribution in [0.4, 0.5) is 0 Å². The SMILES string of the molecule is COc1ccc([C@H]2C[C@@]23CSC(Cl)=CC3=O)cc1. The fourth-order valence-corrected chi connectivity index (χ4v) is 3.88. The largest absolute Gasteiger partial charge is 0.497 e. The van der Waals surface area contributed by atoms with Gasteiger partial charge >= 0.3 is 0 Å². The van der Waals surface area contributed by atoms with E-state index in [9.17, 15) is 4.79 Å². The normalized spacial score (nSPS) is 30.2. The van der Waals surface area contributed by atoms with Crippen LogP contribution in [0.1, 0.15) is 17.9 Å². The van der Waals surface area contributed by atoms with Gasteiger partial charge in [0, 0.05) is 17.2 Å². The highest BCUT2D eigenvalue weighted by atomic mass is 35.5. The van der Waals surface area contributed by atoms with Crippen LogP contribution >= 0.6 is 23.4 Å². The van der Waals surface area contributed by atoms with Crippen molar-refractivity contribution in [1.82, 2.24) is 0 Å². The lowest BCUT2D eigenvalue weighted by molar-refractivity contribution is -0.118. The number of benzene rings is 1. The van der Waals surface area contributed by atoms with Gasteiger partial charge in [-0.3, -0.25) is 4.79 Å². The fraction of sp³-hybridized carbons (Fsp3) is 0.357. The Bertz CT molecular complexity index is 523. The minimum atomic E-state index is -0.197. The summed E-state index contributed by atoms with van der Waals surface area (Å²) in [6.45, 7) is 0. The predicted molar refractivity (Wildman–Crippen MR) is 74.2 cm³/mol. The second-order valence-electron chi connectivity index (χ2n) is 4.79. The van der Waals surface area contributed by atoms with E-state index in [-0.39, 0.29) is 11.2 Å². The zero-order valence-corrected chi connectivity index (χ0v) is 11.6. The molecule has 1 fully saturated rings. The molecule has 2 nitrogen and oxygen atoms in total. The number of carbonyl (C=O) groups excluding carboxylic acids is 1. The van der Waals surface area contributed by atoms with E-state index in [1.165, 1.54) is 5.56 Å². The maximum Gasteiger partial charge on any atom is 0.165 e. The van der Waals surface area contributed by atoms with Gasteiger partial charge in [0.15, 0.2) is 5.78 Å². The number of ether oxygens (including phenoxy) is 1. The molecular weight excluding hydrogens is 268 g/mol. The van der Waals surface area contributed by atoms with Crippen LogP contribution < -0.4 is 4.74 Å². The lowest BCUT2D eigenvalue weighted by Gasteiger charge is -2.18. The van der Waals surface area contributed by atoms with Gasteiger partial charge < -0.3 is 4.74 Å². The van der Waals surface area contributed by atoms with Crippen molar-refractivity contribution in [1.29, 1.82) is 0 Å². The molecule has 0 unspecified atom stereocenters. The van der Waals surface area contributed by atoms with Crippen LogP contribution in [0.25, 0.3) is 0 Å². The number of halogens is 1. The van der Waals surface area contributed by atoms with Crippen LogP contribution in [0.2, 0.25) is 0 Å². The van der Waals surface area contributed by atoms with Crippen molar-refractivity contribution in [2.24, 2.45) is 5.41 Å². The van der Waals surface area contributed by atoms with Crippen LogP contribution in [-0.2, 0) is 4.79 Å². The van der Waals surface area contributed by atoms with E-state index in [4.69, 9.17) is 16.3 Å². The molecule has 0 aromatic heterocycles. The molecule has 0 bridgehead atoms. The summed E-state index contributed by atoms with van der Waals surface area (Å²) >= 11 is 7.46. The van der Waals surface area contributed by atoms with Crippen LogP contribution in [0, 0.1) is 5.41 Å². The Morgan fingerprint density at radius 2 is 2.11 bits per heavy atom. The molecule has 2 aliphatic rings. The van der Waals surface area contributed by atoms with Crippen molar-refractivity contribution in [2.45, 2.75) is 12.3 Å². The number of hydrogen-bond donors (Lipinski definition) is 0. The van der Waals surface area contributed by atoms with E-state index in [0.29, 0.717) is 10.3 Å². The number of ketones is 1. The molecule has 1 spiro atoms. The second-order valence-corrected chi connectivity index (χ2v) is 6.44. The summed E-state index contributed by atoms with van der Waals surface area (Å²) in [5.41, 5.74) is 1.02. The average molecular weight is 281 g/mol. The quantitative estimate of drug-likeness (QED) is 0.828. The van der Waals surface area contributed by atoms with Gasteiger partial charge in [0.2, 0.25) is 0 Å². The van der Waals surface area contributed by atoms with Crippen molar-refractivity contribution in [3.63, 3.8) is 0 Å². The van der Waals surface area contributed by atoms with E-state index < -0.39 is 0 Å². The molecule has 0 N–H and O–H groups in total. The molecule has 0 amide bonds. The van der Waals surface area contributed by atoms with Crippen LogP contribution in [0.5, 0.6) is 5.75 Å². The number of methoxy groups -OCH3 is 1. The molecule has 18 heavy (non-hydrogen) atoms. The Morgan fingerprint density at radius 1 is 1.39 bits per heavy atom. The van der Waals surface area contributed by atoms with Gasteiger partial charge in [0.25, 0.3) is 0 Å². The molecule has 3 rings (SSSR count). The highest BCUT2D eigenvalue weighted by Gasteiger charge is 2.60. The van der Waals surface area contributed by atoms with Gasteiger partial charge in [-0.2, -0.15) is 0 Å². The molecule has 0 saturated heterocycles. The first-order valence-electron chi connectivity index (χ1n) is 5.84. The van der Waals surface area contributed by atoms with Crippen molar-refractivity contribution in [3.05, 3.63) is 40.3 Å². The minimum absolute atomic E-state index is 0.187. The Kier molecular flexibility index (Phi) is 2.91. The van der Waals surface area contributed by atoms with Gasteiger partial charge in [-0.05, 0) is 30.0 Å². The first-order chi connectivity index (χ1) is 8.65. The highest BCUT2D eigenvalue weighted by Crippen LogP contribution is 2.63. The maximum absolute atomic E-state index is 12.1. The Labute approximate surface area is 115 Å². The zero-order chi connectivity index (χ0) is 12.8. The molecule has 94 valence electrons. The van der Waals surface area contributed by atoms with Crippen LogP contribution in [-0.4, -0.2) is 18.6 Å². The molecule has 1 aliphatic heterocycles. The molecule has 1 aromatic carbocycles. The van der Waals surface area contributed by atoms with E-state index >= 15 is 0 Å². The Hall–Kier alpha value is -0.930. The second kappa shape index (κ2) is 4.32. The van der Waals surface area contributed by atoms with Crippen molar-refractivity contribution < 1.29 is 9.53 Å². The summed E-state index contributed by atoms with van der Waals surface area (Å²) in [5.74, 6) is 2.18. The van der Waals surface area contributed by atoms with E-state index in [0.717, 1.165) is 17.9 Å². The summed E-state index contributed by atoms with van der Waals surface area (Å²) in [6, 6.07) is 8.00. The molecule has 0 radical (unpaired) electrons. The van der Waals surface area contributed by atoms with Gasteiger partial charge in [-0.1, -0.05) is 23.7 Å². The molecular formula is C14H13ClO2S. The average Bonchev–Trinajstić information content (AvgIpc) is 3.11. The zero-order valence-electron chi connectivity index (χ0n) is 9.98. The molecule has 2 atom stereocenters. The summed E-state index contributed by atoms with van der Waals surface area (Å²) in [5, 5.41) is 0. The number of hydrogen-bond acceptors (Lipinski definition) is 3. The first-order valence-corrected chi connectivity index (χ1v) is 7.20. The predicted octanol–water partition coefficient (Wildman–Crippen LogP) is 3.57. The third-order valence-electron chi connectivity index (χ3n) is 3.80. The maximum atomic E-state index is 12.1. The third-order valence-corrected chi connectivity index (χ3v) is 5.29. The van der Waals surface area contributed by atoms with Gasteiger partial charge in [0.1, 0.15) is 5.75 Å². The Balaban J connectivity index is 1.82. The number of allylic oxidation sites excluding steroid dienone is 1. The highest BCUT2D eigenvalue weighted by molar-refractivity contribution is 8.04. The van der Waals surface area contributed by atoms with E-state index in [1.807, 2.05) is 12.1 Å². The summed E-state index contributed by atoms with van der Waals surface area (Å²) < 4.78 is 5.76. The minimum Gasteiger partial charge on any atom is -0.497 e. The summed E-state index contributed by atoms with van der Waals surface area (Å²) in [4.78, 5) is 12.1. The number of rotatable bonds is 2. The van der Waals surface area contributed by atoms with Crippen molar-refractivity contribution in [2.75, 3.05) is 12.9 Å². The van der Waals surface area contributed by atoms with Crippen LogP contribution in [0.3, 0.4) is 0 Å². The third kappa shape index (κ3) is 1.86. The smallest absolute Gasteiger partial charge is 0.165 e. The topological polar surface area (TPSA) is 26.3 Å². The molecule has 1 aromatic rings. The van der Waals surface area contributed by atoms with Crippen molar-refractivity contribution >= 4 is 29.1 Å². The summed E-state index contributed by atoms with van der Waals surface area (Å²) in [6.07, 6.45) is 2.52. The van der Waals surface area contributed by atoms with Crippen molar-refractivity contribution in [3.8, 4) is 5.75 Å². The first kappa shape index (κ1) is 12.1. The monoisotopic (exact) mass is 280 g/mol. The molecule has 4 heteroatoms. The Morgan fingerprint density at radius 3 is 2.72 bits per heavy atom. The number of thioether (sulfide) groups is 1. The van der Waals surface area contributed by atoms with E-state index in [2.05, 4.69) is 12.1 Å². The standard InChI is InChI=1S/C14H13ClO2S/c1-17-10-4-2-9(3-5-10)11-7-14(11)8-18-13(15)6-12(14)16/h2-6,11H,7-8H2,1H3/t11-,14-/m1/s1. The number of carbonyl (C=O) groups is 1. The van der Waals surface area contributed by atoms with Gasteiger partial charge in [-0.15, -0.1) is 11.8 Å². The van der Waals surface area contributed by atoms with Gasteiger partial charge in [-0.25, -0.2) is 0 Å². The fourth-order valence-electron chi connectivity index (χ4n) is 2.57. The lowest BCUT2D eigenvalue weighted by Crippen LogP contribution is -2.21. The molecule has 1 heterocycles. The molecule has 1 saturated carbocycles. The summed E-state index contributed by atoms with van der Waals surface area (Å²) in [7, 11) is 1.65. The molecule has 1 aliphatic carbocycles. The lowest BCUT2D eigenvalue weighted by atomic mass is 9.96. The van der Waals surface area contributed by atoms with Gasteiger partial charge in [0.05, 0.1) is 11.5 Å². The van der Waals surface area contributed by atoms with Crippen LogP contribution in [0.15, 0.2) is 34.7 Å².